The van der Waals surface area contributed by atoms with Gasteiger partial charge in [0.2, 0.25) is 10.0 Å². The maximum atomic E-state index is 13.5. The summed E-state index contributed by atoms with van der Waals surface area (Å²) in [5.41, 5.74) is 0.164. The van der Waals surface area contributed by atoms with E-state index in [1.807, 2.05) is 6.92 Å². The molecule has 1 amide bonds. The molecule has 0 spiro atoms. The number of carbonyl (C=O) groups is 1. The molecule has 1 aromatic rings. The molecular weight excluding hydrogens is 295 g/mol. The lowest BCUT2D eigenvalue weighted by Crippen LogP contribution is -2.30. The number of primary sulfonamides is 1. The predicted molar refractivity (Wildman–Crippen MR) is 76.7 cm³/mol. The molecule has 0 saturated heterocycles. The minimum atomic E-state index is -4.07. The van der Waals surface area contributed by atoms with E-state index in [1.54, 1.807) is 0 Å². The molecule has 0 aliphatic heterocycles. The first-order chi connectivity index (χ1) is 9.70. The van der Waals surface area contributed by atoms with Gasteiger partial charge in [-0.2, -0.15) is 0 Å². The highest BCUT2D eigenvalue weighted by molar-refractivity contribution is 7.89. The molecule has 0 bridgehead atoms. The van der Waals surface area contributed by atoms with Gasteiger partial charge < -0.3 is 5.32 Å². The van der Waals surface area contributed by atoms with Gasteiger partial charge in [0.05, 0.1) is 4.90 Å². The van der Waals surface area contributed by atoms with Crippen molar-refractivity contribution in [2.24, 2.45) is 17.0 Å². The van der Waals surface area contributed by atoms with Crippen LogP contribution in [0.15, 0.2) is 17.0 Å². The van der Waals surface area contributed by atoms with Gasteiger partial charge in [-0.1, -0.05) is 6.92 Å². The van der Waals surface area contributed by atoms with E-state index in [-0.39, 0.29) is 16.0 Å². The molecule has 1 unspecified atom stereocenters. The van der Waals surface area contributed by atoms with Crippen LogP contribution in [0.2, 0.25) is 0 Å². The molecule has 7 heteroatoms. The van der Waals surface area contributed by atoms with Crippen molar-refractivity contribution in [1.82, 2.24) is 5.32 Å². The summed E-state index contributed by atoms with van der Waals surface area (Å²) in [5, 5.41) is 7.77. The van der Waals surface area contributed by atoms with Gasteiger partial charge in [-0.3, -0.25) is 4.79 Å². The molecule has 21 heavy (non-hydrogen) atoms. The van der Waals surface area contributed by atoms with Gasteiger partial charge in [0.25, 0.3) is 5.91 Å². The van der Waals surface area contributed by atoms with Crippen LogP contribution >= 0.6 is 0 Å². The van der Waals surface area contributed by atoms with Crippen molar-refractivity contribution in [3.8, 4) is 0 Å². The van der Waals surface area contributed by atoms with E-state index >= 15 is 0 Å². The number of nitrogens with one attached hydrogen (secondary N) is 1. The SMILES string of the molecule is Cc1c(C(=O)NCC(C)C2CC2)cc(F)cc1S(N)(=O)=O. The Bertz CT molecular complexity index is 669. The van der Waals surface area contributed by atoms with Crippen molar-refractivity contribution in [3.05, 3.63) is 29.1 Å². The van der Waals surface area contributed by atoms with E-state index in [1.165, 1.54) is 19.8 Å². The first-order valence-corrected chi connectivity index (χ1v) is 8.36. The summed E-state index contributed by atoms with van der Waals surface area (Å²) in [6, 6.07) is 1.86. The first-order valence-electron chi connectivity index (χ1n) is 6.81. The van der Waals surface area contributed by atoms with Crippen LogP contribution in [0.1, 0.15) is 35.7 Å². The summed E-state index contributed by atoms with van der Waals surface area (Å²) >= 11 is 0. The number of amides is 1. The third kappa shape index (κ3) is 3.79. The Hall–Kier alpha value is -1.47. The molecule has 1 atom stereocenters. The maximum absolute atomic E-state index is 13.5. The zero-order valence-electron chi connectivity index (χ0n) is 12.0. The van der Waals surface area contributed by atoms with Crippen LogP contribution in [-0.2, 0) is 10.0 Å². The van der Waals surface area contributed by atoms with Crippen molar-refractivity contribution in [2.45, 2.75) is 31.6 Å². The second-order valence-corrected chi connectivity index (χ2v) is 7.18. The molecule has 1 fully saturated rings. The molecule has 0 radical (unpaired) electrons. The minimum Gasteiger partial charge on any atom is -0.352 e. The molecule has 0 aromatic heterocycles. The van der Waals surface area contributed by atoms with Gasteiger partial charge in [0.1, 0.15) is 5.82 Å². The Morgan fingerprint density at radius 1 is 1.48 bits per heavy atom. The van der Waals surface area contributed by atoms with Gasteiger partial charge in [-0.15, -0.1) is 0 Å². The predicted octanol–water partition coefficient (Wildman–Crippen LogP) is 1.56. The van der Waals surface area contributed by atoms with E-state index in [4.69, 9.17) is 5.14 Å². The lowest BCUT2D eigenvalue weighted by atomic mass is 10.1. The molecule has 116 valence electrons. The van der Waals surface area contributed by atoms with E-state index in [9.17, 15) is 17.6 Å². The highest BCUT2D eigenvalue weighted by Gasteiger charge is 2.28. The van der Waals surface area contributed by atoms with Gasteiger partial charge in [0, 0.05) is 12.1 Å². The second kappa shape index (κ2) is 5.73. The average molecular weight is 314 g/mol. The number of sulfonamides is 1. The monoisotopic (exact) mass is 314 g/mol. The zero-order valence-corrected chi connectivity index (χ0v) is 12.8. The maximum Gasteiger partial charge on any atom is 0.251 e. The lowest BCUT2D eigenvalue weighted by Gasteiger charge is -2.14. The normalized spacial score (nSPS) is 16.6. The number of nitrogens with two attached hydrogens (primary N) is 1. The van der Waals surface area contributed by atoms with Crippen molar-refractivity contribution in [2.75, 3.05) is 6.54 Å². The van der Waals surface area contributed by atoms with E-state index in [2.05, 4.69) is 5.32 Å². The van der Waals surface area contributed by atoms with E-state index in [0.29, 0.717) is 18.4 Å². The molecule has 2 rings (SSSR count). The lowest BCUT2D eigenvalue weighted by molar-refractivity contribution is 0.0945. The molecule has 1 aliphatic carbocycles. The summed E-state index contributed by atoms with van der Waals surface area (Å²) in [5.74, 6) is -0.283. The summed E-state index contributed by atoms with van der Waals surface area (Å²) in [7, 11) is -4.07. The van der Waals surface area contributed by atoms with Crippen LogP contribution in [0.4, 0.5) is 4.39 Å². The van der Waals surface area contributed by atoms with Crippen molar-refractivity contribution in [1.29, 1.82) is 0 Å². The largest absolute Gasteiger partial charge is 0.352 e. The summed E-state index contributed by atoms with van der Waals surface area (Å²) in [4.78, 5) is 11.8. The van der Waals surface area contributed by atoms with E-state index in [0.717, 1.165) is 12.1 Å². The summed E-state index contributed by atoms with van der Waals surface area (Å²) < 4.78 is 36.4. The highest BCUT2D eigenvalue weighted by Crippen LogP contribution is 2.36. The number of halogens is 1. The molecular formula is C14H19FN2O3S. The number of benzene rings is 1. The van der Waals surface area contributed by atoms with Gasteiger partial charge >= 0.3 is 0 Å². The second-order valence-electron chi connectivity index (χ2n) is 5.65. The molecule has 3 N–H and O–H groups in total. The standard InChI is InChI=1S/C14H19FN2O3S/c1-8(10-3-4-10)7-17-14(18)12-5-11(15)6-13(9(12)2)21(16,19)20/h5-6,8,10H,3-4,7H2,1-2H3,(H,17,18)(H2,16,19,20). The third-order valence-electron chi connectivity index (χ3n) is 3.89. The van der Waals surface area contributed by atoms with Crippen molar-refractivity contribution < 1.29 is 17.6 Å². The van der Waals surface area contributed by atoms with Crippen LogP contribution in [0.25, 0.3) is 0 Å². The smallest absolute Gasteiger partial charge is 0.251 e. The van der Waals surface area contributed by atoms with Crippen molar-refractivity contribution in [3.63, 3.8) is 0 Å². The Morgan fingerprint density at radius 2 is 2.10 bits per heavy atom. The van der Waals surface area contributed by atoms with E-state index < -0.39 is 21.7 Å². The number of rotatable bonds is 5. The summed E-state index contributed by atoms with van der Waals surface area (Å²) in [6.07, 6.45) is 2.34. The van der Waals surface area contributed by atoms with Crippen LogP contribution in [-0.4, -0.2) is 20.9 Å². The fourth-order valence-corrected chi connectivity index (χ4v) is 3.18. The van der Waals surface area contributed by atoms with Crippen LogP contribution in [0, 0.1) is 24.6 Å². The number of hydrogen-bond donors (Lipinski definition) is 2. The van der Waals surface area contributed by atoms with Crippen LogP contribution in [0.5, 0.6) is 0 Å². The quantitative estimate of drug-likeness (QED) is 0.864. The Morgan fingerprint density at radius 3 is 2.62 bits per heavy atom. The highest BCUT2D eigenvalue weighted by atomic mass is 32.2. The van der Waals surface area contributed by atoms with Gasteiger partial charge in [-0.25, -0.2) is 17.9 Å². The van der Waals surface area contributed by atoms with Gasteiger partial charge in [0.15, 0.2) is 0 Å². The van der Waals surface area contributed by atoms with Gasteiger partial charge in [-0.05, 0) is 49.3 Å². The minimum absolute atomic E-state index is 0.00187. The van der Waals surface area contributed by atoms with Crippen LogP contribution < -0.4 is 10.5 Å². The fraction of sp³-hybridized carbons (Fsp3) is 0.500. The Balaban J connectivity index is 2.22. The summed E-state index contributed by atoms with van der Waals surface area (Å²) in [6.45, 7) is 3.98. The Kier molecular flexibility index (Phi) is 4.34. The Labute approximate surface area is 123 Å². The molecule has 1 saturated carbocycles. The zero-order chi connectivity index (χ0) is 15.8. The number of hydrogen-bond acceptors (Lipinski definition) is 3. The fourth-order valence-electron chi connectivity index (χ4n) is 2.37. The average Bonchev–Trinajstić information content (AvgIpc) is 3.20. The number of carbonyl (C=O) groups excluding carboxylic acids is 1. The molecule has 0 heterocycles. The third-order valence-corrected chi connectivity index (χ3v) is 4.92. The van der Waals surface area contributed by atoms with Crippen molar-refractivity contribution >= 4 is 15.9 Å². The van der Waals surface area contributed by atoms with Crippen LogP contribution in [0.3, 0.4) is 0 Å². The molecule has 1 aliphatic rings. The first kappa shape index (κ1) is 15.9. The molecule has 1 aromatic carbocycles. The molecule has 5 nitrogen and oxygen atoms in total. The topological polar surface area (TPSA) is 89.3 Å².